The Morgan fingerprint density at radius 2 is 1.70 bits per heavy atom. The zero-order valence-corrected chi connectivity index (χ0v) is 17.2. The summed E-state index contributed by atoms with van der Waals surface area (Å²) in [5.41, 5.74) is -1.49. The summed E-state index contributed by atoms with van der Waals surface area (Å²) in [6, 6.07) is 0. The van der Waals surface area contributed by atoms with Crippen LogP contribution in [0.1, 0.15) is 33.1 Å². The molecule has 0 aromatic heterocycles. The molecule has 4 aliphatic rings. The molecule has 0 saturated carbocycles. The molecule has 0 aliphatic carbocycles. The van der Waals surface area contributed by atoms with E-state index in [2.05, 4.69) is 0 Å². The Balaban J connectivity index is 0.00000320. The SMILES string of the molecule is CCC(=O)C1(N2C3=C[N+]2(C(=O)O)C(CC)N3C(=O)O)C=CN(CCC(=O)O)C=C1.[Cl-]. The molecule has 4 aliphatic heterocycles. The first-order chi connectivity index (χ1) is 13.7. The number of carboxylic acid groups (broad SMARTS) is 3. The van der Waals surface area contributed by atoms with Gasteiger partial charge >= 0.3 is 18.2 Å². The van der Waals surface area contributed by atoms with Crippen LogP contribution in [-0.4, -0.2) is 76.9 Å². The van der Waals surface area contributed by atoms with Gasteiger partial charge in [-0.1, -0.05) is 18.4 Å². The number of carbonyl (C=O) groups excluding carboxylic acids is 1. The normalized spacial score (nSPS) is 25.3. The first-order valence-corrected chi connectivity index (χ1v) is 9.22. The molecule has 2 bridgehead atoms. The Hall–Kier alpha value is -3.05. The monoisotopic (exact) mass is 442 g/mol. The van der Waals surface area contributed by atoms with E-state index in [9.17, 15) is 29.4 Å². The summed E-state index contributed by atoms with van der Waals surface area (Å²) in [4.78, 5) is 50.5. The van der Waals surface area contributed by atoms with Crippen LogP contribution in [0.25, 0.3) is 0 Å². The average Bonchev–Trinajstić information content (AvgIpc) is 3.17. The second-order valence-corrected chi connectivity index (χ2v) is 6.98. The third-order valence-electron chi connectivity index (χ3n) is 5.48. The van der Waals surface area contributed by atoms with Gasteiger partial charge in [0.15, 0.2) is 17.5 Å². The fraction of sp³-hybridized carbons (Fsp3) is 0.444. The molecule has 0 aromatic carbocycles. The number of ketones is 1. The summed E-state index contributed by atoms with van der Waals surface area (Å²) < 4.78 is -0.812. The summed E-state index contributed by atoms with van der Waals surface area (Å²) in [7, 11) is 0. The van der Waals surface area contributed by atoms with Gasteiger partial charge in [-0.2, -0.15) is 14.7 Å². The van der Waals surface area contributed by atoms with Crippen LogP contribution in [0, 0.1) is 0 Å². The highest BCUT2D eigenvalue weighted by atomic mass is 35.5. The second kappa shape index (κ2) is 8.00. The van der Waals surface area contributed by atoms with Crippen molar-refractivity contribution in [2.75, 3.05) is 6.54 Å². The largest absolute Gasteiger partial charge is 1.00 e. The van der Waals surface area contributed by atoms with E-state index in [0.717, 1.165) is 4.90 Å². The number of Topliss-reactive ketones (excluding diaryl/α,β-unsaturated/α-hetero) is 1. The maximum absolute atomic E-state index is 13.0. The van der Waals surface area contributed by atoms with E-state index in [0.29, 0.717) is 0 Å². The zero-order valence-electron chi connectivity index (χ0n) is 16.4. The van der Waals surface area contributed by atoms with Crippen LogP contribution >= 0.6 is 0 Å². The summed E-state index contributed by atoms with van der Waals surface area (Å²) in [5.74, 6) is -1.13. The van der Waals surface area contributed by atoms with Crippen LogP contribution in [0.15, 0.2) is 36.6 Å². The number of aliphatic carboxylic acids is 1. The number of carboxylic acids is 1. The summed E-state index contributed by atoms with van der Waals surface area (Å²) in [6.45, 7) is 3.51. The van der Waals surface area contributed by atoms with Crippen LogP contribution in [0.3, 0.4) is 0 Å². The van der Waals surface area contributed by atoms with Gasteiger partial charge in [0, 0.05) is 31.8 Å². The van der Waals surface area contributed by atoms with E-state index < -0.39 is 34.5 Å². The maximum atomic E-state index is 13.0. The number of hydrogen-bond acceptors (Lipinski definition) is 6. The molecule has 4 rings (SSSR count). The number of fused-ring (bicyclic) bond motifs is 1. The van der Waals surface area contributed by atoms with Crippen molar-refractivity contribution in [3.63, 3.8) is 0 Å². The molecule has 12 heteroatoms. The fourth-order valence-corrected chi connectivity index (χ4v) is 4.16. The minimum absolute atomic E-state index is 0. The highest BCUT2D eigenvalue weighted by Crippen LogP contribution is 2.53. The lowest BCUT2D eigenvalue weighted by molar-refractivity contribution is -0.955. The highest BCUT2D eigenvalue weighted by Gasteiger charge is 2.75. The Kier molecular flexibility index (Phi) is 6.19. The van der Waals surface area contributed by atoms with Crippen LogP contribution in [0.2, 0.25) is 0 Å². The van der Waals surface area contributed by atoms with Gasteiger partial charge < -0.3 is 32.6 Å². The molecule has 2 unspecified atom stereocenters. The van der Waals surface area contributed by atoms with Crippen LogP contribution in [0.4, 0.5) is 9.59 Å². The van der Waals surface area contributed by atoms with Crippen molar-refractivity contribution in [1.29, 1.82) is 0 Å². The fourth-order valence-electron chi connectivity index (χ4n) is 4.16. The standard InChI is InChI=1S/C18H22N4O7.ClH/c1-3-12(23)18(6-9-19(10-7-18)8-5-15(24)25)21-13-11-22(21,17(28)29)14(4-2)20(13)16(26)27;/h6-7,9-11,14H,3-5,8H2,1-2H3,(H2-,24,25,26,27,28,29);1H. The van der Waals surface area contributed by atoms with Gasteiger partial charge in [0.05, 0.1) is 6.42 Å². The van der Waals surface area contributed by atoms with Crippen LogP contribution < -0.4 is 12.4 Å². The summed E-state index contributed by atoms with van der Waals surface area (Å²) >= 11 is 0. The quantitative estimate of drug-likeness (QED) is 0.414. The van der Waals surface area contributed by atoms with Gasteiger partial charge in [-0.3, -0.25) is 9.59 Å². The number of carbonyl (C=O) groups is 4. The second-order valence-electron chi connectivity index (χ2n) is 6.98. The molecule has 30 heavy (non-hydrogen) atoms. The van der Waals surface area contributed by atoms with E-state index in [1.54, 1.807) is 18.7 Å². The number of quaternary nitrogens is 1. The first-order valence-electron chi connectivity index (χ1n) is 9.22. The number of halogens is 1. The maximum Gasteiger partial charge on any atom is 0.546 e. The van der Waals surface area contributed by atoms with Crippen molar-refractivity contribution in [3.05, 3.63) is 36.6 Å². The van der Waals surface area contributed by atoms with Crippen LogP contribution in [0.5, 0.6) is 0 Å². The molecule has 0 aromatic rings. The highest BCUT2D eigenvalue weighted by molar-refractivity contribution is 5.93. The molecule has 4 heterocycles. The van der Waals surface area contributed by atoms with Crippen molar-refractivity contribution >= 4 is 23.9 Å². The zero-order chi connectivity index (χ0) is 21.6. The molecule has 2 amide bonds. The minimum Gasteiger partial charge on any atom is -1.00 e. The smallest absolute Gasteiger partial charge is 0.546 e. The van der Waals surface area contributed by atoms with Gasteiger partial charge in [-0.25, -0.2) is 4.79 Å². The van der Waals surface area contributed by atoms with Crippen molar-refractivity contribution in [2.45, 2.75) is 44.8 Å². The third kappa shape index (κ3) is 3.01. The van der Waals surface area contributed by atoms with Gasteiger partial charge in [-0.15, -0.1) is 0 Å². The molecule has 164 valence electrons. The van der Waals surface area contributed by atoms with Gasteiger partial charge in [0.1, 0.15) is 0 Å². The van der Waals surface area contributed by atoms with E-state index in [1.807, 2.05) is 0 Å². The Morgan fingerprint density at radius 1 is 1.10 bits per heavy atom. The molecular weight excluding hydrogens is 420 g/mol. The van der Waals surface area contributed by atoms with Crippen molar-refractivity contribution in [2.24, 2.45) is 0 Å². The number of amides is 2. The van der Waals surface area contributed by atoms with E-state index in [1.165, 1.54) is 35.8 Å². The molecule has 1 saturated heterocycles. The molecule has 0 spiro atoms. The van der Waals surface area contributed by atoms with Crippen molar-refractivity contribution in [3.8, 4) is 0 Å². The number of hydrogen-bond donors (Lipinski definition) is 3. The average molecular weight is 443 g/mol. The van der Waals surface area contributed by atoms with Gasteiger partial charge in [0.25, 0.3) is 0 Å². The number of rotatable bonds is 7. The minimum atomic E-state index is -1.49. The summed E-state index contributed by atoms with van der Waals surface area (Å²) in [5, 5.41) is 29.8. The predicted molar refractivity (Wildman–Crippen MR) is 97.4 cm³/mol. The predicted octanol–water partition coefficient (Wildman–Crippen LogP) is -1.22. The number of nitrogens with zero attached hydrogens (tertiary/aromatic N) is 4. The van der Waals surface area contributed by atoms with Gasteiger partial charge in [0.2, 0.25) is 12.0 Å². The van der Waals surface area contributed by atoms with E-state index in [-0.39, 0.29) is 49.8 Å². The molecule has 11 nitrogen and oxygen atoms in total. The Labute approximate surface area is 178 Å². The lowest BCUT2D eigenvalue weighted by atomic mass is 9.88. The van der Waals surface area contributed by atoms with Gasteiger partial charge in [-0.05, 0) is 12.2 Å². The van der Waals surface area contributed by atoms with Crippen LogP contribution in [-0.2, 0) is 9.59 Å². The Morgan fingerprint density at radius 3 is 2.13 bits per heavy atom. The molecular formula is C18H23ClN4O7. The van der Waals surface area contributed by atoms with E-state index in [4.69, 9.17) is 5.11 Å². The lowest BCUT2D eigenvalue weighted by Crippen LogP contribution is -3.00. The van der Waals surface area contributed by atoms with Crippen molar-refractivity contribution in [1.82, 2.24) is 14.8 Å². The molecule has 1 fully saturated rings. The van der Waals surface area contributed by atoms with E-state index >= 15 is 0 Å². The lowest BCUT2D eigenvalue weighted by Gasteiger charge is -2.48. The third-order valence-corrected chi connectivity index (χ3v) is 5.48. The Bertz CT molecular complexity index is 857. The summed E-state index contributed by atoms with van der Waals surface area (Å²) in [6.07, 6.45) is 4.09. The molecule has 3 N–H and O–H groups in total. The molecule has 0 radical (unpaired) electrons. The first kappa shape index (κ1) is 23.2. The topological polar surface area (TPSA) is 139 Å². The molecule has 2 atom stereocenters. The van der Waals surface area contributed by atoms with Crippen molar-refractivity contribution < 1.29 is 51.5 Å².